The molecule has 0 unspecified atom stereocenters. The summed E-state index contributed by atoms with van der Waals surface area (Å²) >= 11 is 4.16. The molecule has 0 saturated carbocycles. The Morgan fingerprint density at radius 2 is 1.45 bits per heavy atom. The fraction of sp³-hybridized carbons (Fsp3) is 0. The molecule has 2 aromatic heterocycles. The third-order valence-corrected chi connectivity index (χ3v) is 6.46. The predicted molar refractivity (Wildman–Crippen MR) is 91.5 cm³/mol. The summed E-state index contributed by atoms with van der Waals surface area (Å²) < 4.78 is 4.71. The molecule has 0 amide bonds. The van der Waals surface area contributed by atoms with Crippen molar-refractivity contribution in [3.8, 4) is 0 Å². The van der Waals surface area contributed by atoms with Crippen LogP contribution in [0.25, 0.3) is 21.8 Å². The van der Waals surface area contributed by atoms with Gasteiger partial charge in [-0.15, -0.1) is 0 Å². The SMILES string of the molecule is [Al][c]1nc(I)nc([I-]n2c3ccccc3c3ccccc32)n1. The van der Waals surface area contributed by atoms with Gasteiger partial charge in [-0.05, 0) is 0 Å². The average molecular weight is 525 g/mol. The standard InChI is InChI=1S/C15H8I2N4.Al/c16-14-18-9-19-15(20-14)17-21-12-7-3-1-5-10(12)11-6-2-4-8-13(11)21;/h1-8H;/q-1;. The number of hydrogen-bond acceptors (Lipinski definition) is 3. The Hall–Kier alpha value is -0.758. The maximum atomic E-state index is 4.50. The molecule has 0 spiro atoms. The second-order valence-electron chi connectivity index (χ2n) is 4.63. The van der Waals surface area contributed by atoms with Crippen LogP contribution in [0.1, 0.15) is 0 Å². The van der Waals surface area contributed by atoms with Crippen LogP contribution in [0.4, 0.5) is 0 Å². The van der Waals surface area contributed by atoms with Crippen LogP contribution >= 0.6 is 22.6 Å². The zero-order valence-corrected chi connectivity index (χ0v) is 16.7. The van der Waals surface area contributed by atoms with E-state index in [0.29, 0.717) is 4.69 Å². The van der Waals surface area contributed by atoms with Gasteiger partial charge in [0, 0.05) is 0 Å². The summed E-state index contributed by atoms with van der Waals surface area (Å²) in [7, 11) is 0. The first-order valence-electron chi connectivity index (χ1n) is 6.53. The van der Waals surface area contributed by atoms with Gasteiger partial charge >= 0.3 is 161 Å². The molecular weight excluding hydrogens is 517 g/mol. The number of benzene rings is 2. The van der Waals surface area contributed by atoms with Crippen LogP contribution in [0, 0.1) is 7.66 Å². The molecule has 0 aliphatic rings. The molecule has 0 aliphatic carbocycles. The van der Waals surface area contributed by atoms with E-state index in [-0.39, 0.29) is 0 Å². The topological polar surface area (TPSA) is 43.6 Å². The summed E-state index contributed by atoms with van der Waals surface area (Å²) in [4.78, 5) is 13.2. The Morgan fingerprint density at radius 1 is 0.864 bits per heavy atom. The van der Waals surface area contributed by atoms with Gasteiger partial charge in [0.05, 0.1) is 0 Å². The number of aromatic nitrogens is 4. The van der Waals surface area contributed by atoms with Crippen molar-refractivity contribution in [2.75, 3.05) is 0 Å². The van der Waals surface area contributed by atoms with Gasteiger partial charge in [-0.25, -0.2) is 0 Å². The molecular formula is C15H8AlI2N4-. The Labute approximate surface area is 159 Å². The van der Waals surface area contributed by atoms with E-state index in [1.54, 1.807) is 0 Å². The molecule has 2 heterocycles. The fourth-order valence-electron chi connectivity index (χ4n) is 2.42. The van der Waals surface area contributed by atoms with E-state index >= 15 is 0 Å². The van der Waals surface area contributed by atoms with E-state index in [4.69, 9.17) is 0 Å². The van der Waals surface area contributed by atoms with Crippen molar-refractivity contribution in [2.45, 2.75) is 0 Å². The van der Waals surface area contributed by atoms with Crippen molar-refractivity contribution < 1.29 is 21.5 Å². The van der Waals surface area contributed by atoms with E-state index in [1.807, 2.05) is 0 Å². The minimum atomic E-state index is -0.535. The number of rotatable bonds is 2. The third-order valence-electron chi connectivity index (χ3n) is 3.28. The van der Waals surface area contributed by atoms with Gasteiger partial charge in [0.15, 0.2) is 0 Å². The Balaban J connectivity index is 1.96. The molecule has 0 bridgehead atoms. The molecule has 2 aromatic carbocycles. The number of fused-ring (bicyclic) bond motifs is 3. The average Bonchev–Trinajstić information content (AvgIpc) is 2.81. The molecule has 0 aliphatic heterocycles. The van der Waals surface area contributed by atoms with Crippen molar-refractivity contribution in [3.05, 3.63) is 56.2 Å². The third kappa shape index (κ3) is 2.64. The molecule has 22 heavy (non-hydrogen) atoms. The number of para-hydroxylation sites is 2. The predicted octanol–water partition coefficient (Wildman–Crippen LogP) is -0.900. The normalized spacial score (nSPS) is 11.5. The Bertz CT molecular complexity index is 926. The number of nitrogens with zero attached hydrogens (tertiary/aromatic N) is 4. The van der Waals surface area contributed by atoms with E-state index in [2.05, 4.69) is 105 Å². The summed E-state index contributed by atoms with van der Waals surface area (Å²) in [5, 5.41) is 2.57. The van der Waals surface area contributed by atoms with E-state index in [0.717, 1.165) is 7.66 Å². The van der Waals surface area contributed by atoms with Gasteiger partial charge in [0.25, 0.3) is 0 Å². The second kappa shape index (κ2) is 6.03. The van der Waals surface area contributed by atoms with E-state index in [9.17, 15) is 0 Å². The molecule has 4 nitrogen and oxygen atoms in total. The van der Waals surface area contributed by atoms with Crippen LogP contribution in [0.3, 0.4) is 0 Å². The van der Waals surface area contributed by atoms with Gasteiger partial charge in [-0.2, -0.15) is 0 Å². The molecule has 0 N–H and O–H groups in total. The van der Waals surface area contributed by atoms with Crippen molar-refractivity contribution in [3.63, 3.8) is 0 Å². The van der Waals surface area contributed by atoms with Gasteiger partial charge < -0.3 is 0 Å². The molecule has 0 saturated heterocycles. The van der Waals surface area contributed by atoms with Crippen LogP contribution in [0.5, 0.6) is 0 Å². The molecule has 106 valence electrons. The fourth-order valence-corrected chi connectivity index (χ4v) is 6.61. The number of hydrogen-bond donors (Lipinski definition) is 0. The Kier molecular flexibility index (Phi) is 4.06. The van der Waals surface area contributed by atoms with Gasteiger partial charge in [-0.1, -0.05) is 0 Å². The van der Waals surface area contributed by atoms with Crippen molar-refractivity contribution in [1.29, 1.82) is 0 Å². The van der Waals surface area contributed by atoms with Gasteiger partial charge in [-0.3, -0.25) is 0 Å². The van der Waals surface area contributed by atoms with Gasteiger partial charge in [0.2, 0.25) is 0 Å². The van der Waals surface area contributed by atoms with Crippen LogP contribution < -0.4 is 26.2 Å². The first kappa shape index (κ1) is 14.8. The van der Waals surface area contributed by atoms with Crippen LogP contribution in [0.15, 0.2) is 48.5 Å². The van der Waals surface area contributed by atoms with E-state index < -0.39 is 21.5 Å². The summed E-state index contributed by atoms with van der Waals surface area (Å²) in [5.74, 6) is 0. The van der Waals surface area contributed by atoms with Crippen molar-refractivity contribution in [1.82, 2.24) is 17.7 Å². The summed E-state index contributed by atoms with van der Waals surface area (Å²) in [6.07, 6.45) is 0. The molecule has 7 heteroatoms. The first-order valence-corrected chi connectivity index (χ1v) is 10.2. The van der Waals surface area contributed by atoms with Crippen molar-refractivity contribution >= 4 is 65.4 Å². The van der Waals surface area contributed by atoms with Crippen LogP contribution in [0.2, 0.25) is 0 Å². The number of halogens is 2. The minimum absolute atomic E-state index is 0.535. The molecule has 0 fully saturated rings. The summed E-state index contributed by atoms with van der Waals surface area (Å²) in [6, 6.07) is 17.0. The maximum absolute atomic E-state index is 4.50. The summed E-state index contributed by atoms with van der Waals surface area (Å²) in [5.41, 5.74) is 2.49. The monoisotopic (exact) mass is 525 g/mol. The molecule has 4 aromatic rings. The zero-order chi connectivity index (χ0) is 15.1. The van der Waals surface area contributed by atoms with Crippen LogP contribution in [-0.2, 0) is 0 Å². The van der Waals surface area contributed by atoms with Crippen LogP contribution in [-0.4, -0.2) is 34.0 Å². The summed E-state index contributed by atoms with van der Waals surface area (Å²) in [6.45, 7) is 0. The Morgan fingerprint density at radius 3 is 2.05 bits per heavy atom. The zero-order valence-electron chi connectivity index (χ0n) is 11.2. The first-order chi connectivity index (χ1) is 10.7. The molecule has 0 atom stereocenters. The van der Waals surface area contributed by atoms with Crippen molar-refractivity contribution in [2.24, 2.45) is 0 Å². The molecule has 4 rings (SSSR count). The molecule has 2 radical (unpaired) electrons. The second-order valence-corrected chi connectivity index (χ2v) is 8.52. The van der Waals surface area contributed by atoms with Gasteiger partial charge in [0.1, 0.15) is 0 Å². The quantitative estimate of drug-likeness (QED) is 0.252. The van der Waals surface area contributed by atoms with E-state index in [1.165, 1.54) is 21.8 Å².